The number of furan rings is 1. The fourth-order valence-electron chi connectivity index (χ4n) is 4.71. The summed E-state index contributed by atoms with van der Waals surface area (Å²) in [5, 5.41) is 15.4. The van der Waals surface area contributed by atoms with Gasteiger partial charge in [0.25, 0.3) is 11.5 Å². The summed E-state index contributed by atoms with van der Waals surface area (Å²) in [6.45, 7) is 4.13. The van der Waals surface area contributed by atoms with E-state index >= 15 is 0 Å². The summed E-state index contributed by atoms with van der Waals surface area (Å²) in [5.41, 5.74) is -2.69. The van der Waals surface area contributed by atoms with Crippen LogP contribution in [-0.4, -0.2) is 46.1 Å². The van der Waals surface area contributed by atoms with Crippen LogP contribution in [0, 0.1) is 18.3 Å². The summed E-state index contributed by atoms with van der Waals surface area (Å²) in [5.74, 6) is -3.14. The van der Waals surface area contributed by atoms with Gasteiger partial charge in [0.2, 0.25) is 5.91 Å². The van der Waals surface area contributed by atoms with Crippen LogP contribution in [0.15, 0.2) is 51.7 Å². The van der Waals surface area contributed by atoms with Crippen LogP contribution < -0.4 is 25.2 Å². The Kier molecular flexibility index (Phi) is 7.75. The van der Waals surface area contributed by atoms with E-state index in [0.717, 1.165) is 24.6 Å². The zero-order valence-electron chi connectivity index (χ0n) is 24.6. The van der Waals surface area contributed by atoms with E-state index in [-0.39, 0.29) is 51.5 Å². The predicted octanol–water partition coefficient (Wildman–Crippen LogP) is 5.28. The molecule has 0 bridgehead atoms. The maximum absolute atomic E-state index is 13.6. The van der Waals surface area contributed by atoms with Gasteiger partial charge in [-0.2, -0.15) is 23.5 Å². The van der Waals surface area contributed by atoms with Gasteiger partial charge < -0.3 is 24.1 Å². The molecule has 46 heavy (non-hydrogen) atoms. The predicted molar refractivity (Wildman–Crippen MR) is 151 cm³/mol. The lowest BCUT2D eigenvalue weighted by Crippen LogP contribution is -2.54. The highest BCUT2D eigenvalue weighted by Crippen LogP contribution is 2.43. The van der Waals surface area contributed by atoms with Gasteiger partial charge in [0, 0.05) is 29.9 Å². The highest BCUT2D eigenvalue weighted by Gasteiger charge is 2.49. The van der Waals surface area contributed by atoms with E-state index in [2.05, 4.69) is 14.6 Å². The molecule has 0 unspecified atom stereocenters. The van der Waals surface area contributed by atoms with E-state index in [0.29, 0.717) is 5.56 Å². The van der Waals surface area contributed by atoms with Crippen molar-refractivity contribution in [1.29, 1.82) is 5.26 Å². The SMILES string of the molecule is CCN(C(=O)Cn1nc(-c2cc(C)cc(C#N)c2)c2oc(C(=O)NC(C)(C)C(F)(F)F)cc2c1=O)c1ccc2c(c1)OC(F)(F)O2. The molecule has 4 aromatic rings. The van der Waals surface area contributed by atoms with Crippen molar-refractivity contribution in [2.75, 3.05) is 11.4 Å². The van der Waals surface area contributed by atoms with Crippen LogP contribution in [0.1, 0.15) is 42.5 Å². The molecule has 0 atom stereocenters. The molecule has 1 aliphatic heterocycles. The zero-order valence-corrected chi connectivity index (χ0v) is 24.6. The number of rotatable bonds is 7. The monoisotopic (exact) mass is 645 g/mol. The minimum atomic E-state index is -4.81. The Morgan fingerprint density at radius 3 is 2.43 bits per heavy atom. The summed E-state index contributed by atoms with van der Waals surface area (Å²) in [6.07, 6.45) is -8.69. The van der Waals surface area contributed by atoms with E-state index in [1.165, 1.54) is 29.2 Å². The highest BCUT2D eigenvalue weighted by molar-refractivity contribution is 5.99. The van der Waals surface area contributed by atoms with Crippen molar-refractivity contribution in [3.8, 4) is 28.8 Å². The van der Waals surface area contributed by atoms with Crippen molar-refractivity contribution in [3.63, 3.8) is 0 Å². The topological polar surface area (TPSA) is 140 Å². The second-order valence-corrected chi connectivity index (χ2v) is 10.9. The normalized spacial score (nSPS) is 13.8. The average molecular weight is 646 g/mol. The second-order valence-electron chi connectivity index (χ2n) is 10.9. The first kappa shape index (κ1) is 31.9. The Labute approximate surface area is 256 Å². The maximum atomic E-state index is 13.6. The van der Waals surface area contributed by atoms with E-state index in [9.17, 15) is 41.6 Å². The van der Waals surface area contributed by atoms with Gasteiger partial charge in [-0.15, -0.1) is 8.78 Å². The number of nitriles is 1. The van der Waals surface area contributed by atoms with Gasteiger partial charge in [-0.3, -0.25) is 14.4 Å². The molecule has 0 aliphatic carbocycles. The second kappa shape index (κ2) is 11.2. The quantitative estimate of drug-likeness (QED) is 0.268. The van der Waals surface area contributed by atoms with Crippen molar-refractivity contribution in [2.24, 2.45) is 0 Å². The van der Waals surface area contributed by atoms with Gasteiger partial charge in [-0.25, -0.2) is 4.68 Å². The first-order valence-electron chi connectivity index (χ1n) is 13.6. The van der Waals surface area contributed by atoms with Crippen LogP contribution in [0.3, 0.4) is 0 Å². The number of amides is 2. The summed E-state index contributed by atoms with van der Waals surface area (Å²) in [7, 11) is 0. The van der Waals surface area contributed by atoms with Crippen LogP contribution in [-0.2, 0) is 11.3 Å². The minimum absolute atomic E-state index is 0.0349. The van der Waals surface area contributed by atoms with Crippen LogP contribution in [0.25, 0.3) is 22.2 Å². The lowest BCUT2D eigenvalue weighted by molar-refractivity contribution is -0.286. The lowest BCUT2D eigenvalue weighted by Gasteiger charge is -2.28. The Balaban J connectivity index is 1.58. The Bertz CT molecular complexity index is 1990. The lowest BCUT2D eigenvalue weighted by atomic mass is 10.0. The summed E-state index contributed by atoms with van der Waals surface area (Å²) in [4.78, 5) is 41.1. The number of hydrogen-bond donors (Lipinski definition) is 1. The average Bonchev–Trinajstić information content (AvgIpc) is 3.54. The molecule has 2 aromatic carbocycles. The minimum Gasteiger partial charge on any atom is -0.448 e. The molecule has 0 fully saturated rings. The number of likely N-dealkylation sites (N-methyl/N-ethyl adjacent to an activating group) is 1. The molecule has 1 N–H and O–H groups in total. The summed E-state index contributed by atoms with van der Waals surface area (Å²) < 4.78 is 82.6. The number of halogens is 5. The number of carbonyl (C=O) groups excluding carboxylic acids is 2. The number of nitrogens with one attached hydrogen (secondary N) is 1. The van der Waals surface area contributed by atoms with E-state index in [1.807, 2.05) is 11.4 Å². The first-order chi connectivity index (χ1) is 21.4. The fraction of sp³-hybridized carbons (Fsp3) is 0.300. The van der Waals surface area contributed by atoms with Gasteiger partial charge in [0.15, 0.2) is 22.8 Å². The van der Waals surface area contributed by atoms with Crippen molar-refractivity contribution in [2.45, 2.75) is 52.2 Å². The molecule has 0 spiro atoms. The van der Waals surface area contributed by atoms with E-state index in [1.54, 1.807) is 26.0 Å². The Morgan fingerprint density at radius 1 is 1.09 bits per heavy atom. The summed E-state index contributed by atoms with van der Waals surface area (Å²) >= 11 is 0. The molecular weight excluding hydrogens is 621 g/mol. The molecule has 0 saturated heterocycles. The Morgan fingerprint density at radius 2 is 1.78 bits per heavy atom. The number of fused-ring (bicyclic) bond motifs is 2. The number of aryl methyl sites for hydroxylation is 1. The van der Waals surface area contributed by atoms with Gasteiger partial charge in [-0.1, -0.05) is 0 Å². The molecule has 5 rings (SSSR count). The number of nitrogens with zero attached hydrogens (tertiary/aromatic N) is 4. The summed E-state index contributed by atoms with van der Waals surface area (Å²) in [6, 6.07) is 11.2. The fourth-order valence-corrected chi connectivity index (χ4v) is 4.71. The number of aromatic nitrogens is 2. The molecule has 240 valence electrons. The number of hydrogen-bond acceptors (Lipinski definition) is 8. The van der Waals surface area contributed by atoms with Crippen molar-refractivity contribution in [1.82, 2.24) is 15.1 Å². The number of anilines is 1. The molecule has 11 nitrogen and oxygen atoms in total. The standard InChI is InChI=1S/C30H24F5N5O6/c1-5-39(18-6-7-20-21(11-18)46-30(34,35)45-20)23(41)14-40-27(43)19-12-22(26(42)37-28(3,4)29(31,32)33)44-25(19)24(38-40)17-9-15(2)8-16(10-17)13-36/h6-12H,5,14H2,1-4H3,(H,37,42). The number of benzene rings is 2. The van der Waals surface area contributed by atoms with Crippen molar-refractivity contribution >= 4 is 28.5 Å². The number of ether oxygens (including phenoxy) is 2. The molecular formula is C30H24F5N5O6. The van der Waals surface area contributed by atoms with Gasteiger partial charge in [0.1, 0.15) is 17.8 Å². The molecule has 0 saturated carbocycles. The molecule has 0 radical (unpaired) electrons. The van der Waals surface area contributed by atoms with Crippen molar-refractivity contribution < 1.29 is 45.4 Å². The largest absolute Gasteiger partial charge is 0.586 e. The molecule has 2 aromatic heterocycles. The van der Waals surface area contributed by atoms with Crippen LogP contribution in [0.2, 0.25) is 0 Å². The maximum Gasteiger partial charge on any atom is 0.586 e. The third kappa shape index (κ3) is 5.95. The van der Waals surface area contributed by atoms with E-state index < -0.39 is 47.7 Å². The van der Waals surface area contributed by atoms with Crippen molar-refractivity contribution in [3.05, 3.63) is 69.7 Å². The van der Waals surface area contributed by atoms with Gasteiger partial charge in [-0.05, 0) is 63.6 Å². The first-order valence-corrected chi connectivity index (χ1v) is 13.6. The van der Waals surface area contributed by atoms with Crippen LogP contribution >= 0.6 is 0 Å². The number of alkyl halides is 5. The molecule has 3 heterocycles. The Hall–Kier alpha value is -5.46. The molecule has 1 aliphatic rings. The van der Waals surface area contributed by atoms with Gasteiger partial charge in [0.05, 0.1) is 17.0 Å². The molecule has 2 amide bonds. The van der Waals surface area contributed by atoms with Crippen LogP contribution in [0.5, 0.6) is 11.5 Å². The number of carbonyl (C=O) groups is 2. The van der Waals surface area contributed by atoms with Crippen LogP contribution in [0.4, 0.5) is 27.6 Å². The molecule has 16 heteroatoms. The highest BCUT2D eigenvalue weighted by atomic mass is 19.4. The zero-order chi connectivity index (χ0) is 33.8. The third-order valence-corrected chi connectivity index (χ3v) is 7.07. The van der Waals surface area contributed by atoms with Gasteiger partial charge >= 0.3 is 12.5 Å². The smallest absolute Gasteiger partial charge is 0.448 e. The third-order valence-electron chi connectivity index (χ3n) is 7.07. The van der Waals surface area contributed by atoms with E-state index in [4.69, 9.17) is 4.42 Å².